The van der Waals surface area contributed by atoms with E-state index in [2.05, 4.69) is 30.0 Å². The highest BCUT2D eigenvalue weighted by atomic mass is 32.2. The second-order valence-electron chi connectivity index (χ2n) is 6.12. The van der Waals surface area contributed by atoms with Gasteiger partial charge in [0.05, 0.1) is 10.6 Å². The number of hydrogen-bond donors (Lipinski definition) is 4. The van der Waals surface area contributed by atoms with Crippen molar-refractivity contribution in [3.8, 4) is 0 Å². The van der Waals surface area contributed by atoms with Crippen LogP contribution in [-0.4, -0.2) is 33.3 Å². The topological polar surface area (TPSA) is 186 Å². The summed E-state index contributed by atoms with van der Waals surface area (Å²) in [7, 11) is -3.90. The van der Waals surface area contributed by atoms with Crippen LogP contribution in [-0.2, 0) is 10.0 Å². The first-order chi connectivity index (χ1) is 14.1. The van der Waals surface area contributed by atoms with Gasteiger partial charge < -0.3 is 11.5 Å². The summed E-state index contributed by atoms with van der Waals surface area (Å²) in [4.78, 5) is 20.0. The molecule has 0 radical (unpaired) electrons. The average molecular weight is 448 g/mol. The molecule has 0 bridgehead atoms. The lowest BCUT2D eigenvalue weighted by molar-refractivity contribution is 0.601. The molecule has 1 aromatic carbocycles. The SMILES string of the molecule is Cc1cc(C)nc(NS(=O)(=O)c2ccc(N=Nc3c(N)n(C(N)=S)[nH]c3=O)cc2)n1. The van der Waals surface area contributed by atoms with Crippen LogP contribution in [0.2, 0.25) is 0 Å². The van der Waals surface area contributed by atoms with Crippen LogP contribution in [0.5, 0.6) is 0 Å². The maximum absolute atomic E-state index is 12.5. The van der Waals surface area contributed by atoms with Gasteiger partial charge in [0.25, 0.3) is 15.6 Å². The first-order valence-electron chi connectivity index (χ1n) is 8.34. The van der Waals surface area contributed by atoms with E-state index >= 15 is 0 Å². The number of nitrogens with one attached hydrogen (secondary N) is 2. The van der Waals surface area contributed by atoms with Crippen LogP contribution in [0.15, 0.2) is 50.3 Å². The predicted octanol–water partition coefficient (Wildman–Crippen LogP) is 1.47. The lowest BCUT2D eigenvalue weighted by atomic mass is 10.3. The zero-order valence-electron chi connectivity index (χ0n) is 15.8. The molecule has 0 saturated heterocycles. The highest BCUT2D eigenvalue weighted by molar-refractivity contribution is 7.92. The Balaban J connectivity index is 1.82. The third kappa shape index (κ3) is 4.49. The number of nitrogens with two attached hydrogens (primary N) is 2. The van der Waals surface area contributed by atoms with Crippen molar-refractivity contribution >= 4 is 50.5 Å². The van der Waals surface area contributed by atoms with Gasteiger partial charge in [0.15, 0.2) is 16.6 Å². The fraction of sp³-hybridized carbons (Fsp3) is 0.125. The van der Waals surface area contributed by atoms with Gasteiger partial charge in [-0.1, -0.05) is 0 Å². The molecule has 0 aliphatic heterocycles. The summed E-state index contributed by atoms with van der Waals surface area (Å²) in [5.41, 5.74) is 11.9. The second-order valence-corrected chi connectivity index (χ2v) is 8.22. The standard InChI is InChI=1S/C16H17N9O3S2/c1-8-7-9(2)20-16(19-8)24-30(27,28)11-5-3-10(4-6-11)21-22-12-13(17)25(15(18)29)23-14(12)26/h3-7H,17H2,1-2H3,(H2,18,29)(H,23,26)(H,19,20,24). The van der Waals surface area contributed by atoms with Gasteiger partial charge in [-0.25, -0.2) is 27.8 Å². The first-order valence-corrected chi connectivity index (χ1v) is 10.2. The number of aromatic nitrogens is 4. The van der Waals surface area contributed by atoms with Crippen LogP contribution in [0, 0.1) is 13.8 Å². The average Bonchev–Trinajstić information content (AvgIpc) is 2.93. The van der Waals surface area contributed by atoms with E-state index in [0.29, 0.717) is 17.1 Å². The number of sulfonamides is 1. The molecule has 12 nitrogen and oxygen atoms in total. The van der Waals surface area contributed by atoms with Gasteiger partial charge in [0.2, 0.25) is 5.95 Å². The number of aryl methyl sites for hydroxylation is 2. The molecule has 30 heavy (non-hydrogen) atoms. The Labute approximate surface area is 176 Å². The highest BCUT2D eigenvalue weighted by Crippen LogP contribution is 2.22. The van der Waals surface area contributed by atoms with Crippen LogP contribution in [0.25, 0.3) is 0 Å². The van der Waals surface area contributed by atoms with Crippen LogP contribution in [0.4, 0.5) is 23.1 Å². The highest BCUT2D eigenvalue weighted by Gasteiger charge is 2.16. The van der Waals surface area contributed by atoms with Crippen molar-refractivity contribution in [2.75, 3.05) is 10.5 Å². The van der Waals surface area contributed by atoms with E-state index < -0.39 is 15.6 Å². The molecule has 3 rings (SSSR count). The van der Waals surface area contributed by atoms with Crippen molar-refractivity contribution in [1.29, 1.82) is 0 Å². The number of thiocarbonyl (C=S) groups is 1. The molecule has 0 spiro atoms. The van der Waals surface area contributed by atoms with E-state index in [1.807, 2.05) is 0 Å². The summed E-state index contributed by atoms with van der Waals surface area (Å²) < 4.78 is 28.4. The van der Waals surface area contributed by atoms with E-state index in [1.165, 1.54) is 24.3 Å². The number of anilines is 2. The molecule has 0 saturated carbocycles. The summed E-state index contributed by atoms with van der Waals surface area (Å²) >= 11 is 4.76. The van der Waals surface area contributed by atoms with Gasteiger partial charge >= 0.3 is 0 Å². The number of benzene rings is 1. The summed E-state index contributed by atoms with van der Waals surface area (Å²) in [5, 5.41) is 9.86. The molecule has 0 fully saturated rings. The van der Waals surface area contributed by atoms with Crippen molar-refractivity contribution in [1.82, 2.24) is 19.7 Å². The summed E-state index contributed by atoms with van der Waals surface area (Å²) in [6.45, 7) is 3.47. The lowest BCUT2D eigenvalue weighted by Gasteiger charge is -2.08. The van der Waals surface area contributed by atoms with Gasteiger partial charge in [-0.2, -0.15) is 5.11 Å². The van der Waals surface area contributed by atoms with E-state index in [4.69, 9.17) is 23.7 Å². The van der Waals surface area contributed by atoms with Crippen molar-refractivity contribution in [3.05, 3.63) is 52.1 Å². The Morgan fingerprint density at radius 2 is 1.77 bits per heavy atom. The molecular formula is C16H17N9O3S2. The maximum atomic E-state index is 12.5. The smallest absolute Gasteiger partial charge is 0.294 e. The minimum absolute atomic E-state index is 0.0201. The molecule has 0 atom stereocenters. The van der Waals surface area contributed by atoms with Gasteiger partial charge in [-0.15, -0.1) is 5.11 Å². The number of aromatic amines is 1. The van der Waals surface area contributed by atoms with Gasteiger partial charge in [-0.05, 0) is 56.4 Å². The van der Waals surface area contributed by atoms with E-state index in [0.717, 1.165) is 4.68 Å². The molecular weight excluding hydrogens is 430 g/mol. The van der Waals surface area contributed by atoms with Gasteiger partial charge in [0.1, 0.15) is 0 Å². The Bertz CT molecular complexity index is 1290. The molecule has 0 aliphatic rings. The monoisotopic (exact) mass is 447 g/mol. The largest absolute Gasteiger partial charge is 0.382 e. The van der Waals surface area contributed by atoms with E-state index in [9.17, 15) is 13.2 Å². The molecule has 6 N–H and O–H groups in total. The Morgan fingerprint density at radius 3 is 2.30 bits per heavy atom. The second kappa shape index (κ2) is 8.00. The number of H-pyrrole nitrogens is 1. The maximum Gasteiger partial charge on any atom is 0.294 e. The summed E-state index contributed by atoms with van der Waals surface area (Å²) in [5.74, 6) is -0.110. The van der Waals surface area contributed by atoms with Crippen molar-refractivity contribution < 1.29 is 8.42 Å². The van der Waals surface area contributed by atoms with Crippen LogP contribution < -0.4 is 21.7 Å². The Hall–Kier alpha value is -3.65. The molecule has 14 heteroatoms. The Morgan fingerprint density at radius 1 is 1.17 bits per heavy atom. The lowest BCUT2D eigenvalue weighted by Crippen LogP contribution is -2.23. The predicted molar refractivity (Wildman–Crippen MR) is 115 cm³/mol. The first kappa shape index (κ1) is 21.1. The number of hydrogen-bond acceptors (Lipinski definition) is 9. The van der Waals surface area contributed by atoms with Crippen molar-refractivity contribution in [3.63, 3.8) is 0 Å². The normalized spacial score (nSPS) is 11.7. The quantitative estimate of drug-likeness (QED) is 0.334. The fourth-order valence-corrected chi connectivity index (χ4v) is 3.55. The Kier molecular flexibility index (Phi) is 5.62. The molecule has 156 valence electrons. The van der Waals surface area contributed by atoms with Crippen LogP contribution >= 0.6 is 12.2 Å². The molecule has 3 aromatic rings. The molecule has 2 aromatic heterocycles. The third-order valence-corrected chi connectivity index (χ3v) is 5.28. The van der Waals surface area contributed by atoms with Crippen molar-refractivity contribution in [2.24, 2.45) is 16.0 Å². The number of nitrogens with zero attached hydrogens (tertiary/aromatic N) is 5. The summed E-state index contributed by atoms with van der Waals surface area (Å²) in [6, 6.07) is 7.20. The van der Waals surface area contributed by atoms with Gasteiger partial charge in [0, 0.05) is 11.4 Å². The van der Waals surface area contributed by atoms with Crippen LogP contribution in [0.3, 0.4) is 0 Å². The minimum Gasteiger partial charge on any atom is -0.382 e. The number of rotatable bonds is 5. The fourth-order valence-electron chi connectivity index (χ4n) is 2.46. The number of nitrogen functional groups attached to an aromatic ring is 1. The van der Waals surface area contributed by atoms with Crippen LogP contribution in [0.1, 0.15) is 11.4 Å². The van der Waals surface area contributed by atoms with Crippen molar-refractivity contribution in [2.45, 2.75) is 18.7 Å². The van der Waals surface area contributed by atoms with Gasteiger partial charge in [-0.3, -0.25) is 9.89 Å². The third-order valence-electron chi connectivity index (χ3n) is 3.75. The zero-order chi connectivity index (χ0) is 22.1. The molecule has 0 aliphatic carbocycles. The molecule has 0 amide bonds. The summed E-state index contributed by atoms with van der Waals surface area (Å²) in [6.07, 6.45) is 0. The molecule has 0 unspecified atom stereocenters. The zero-order valence-corrected chi connectivity index (χ0v) is 17.5. The molecule has 2 heterocycles. The van der Waals surface area contributed by atoms with E-state index in [-0.39, 0.29) is 27.5 Å². The van der Waals surface area contributed by atoms with E-state index in [1.54, 1.807) is 19.9 Å². The minimum atomic E-state index is -3.90. The number of azo groups is 1.